The van der Waals surface area contributed by atoms with Gasteiger partial charge in [-0.05, 0) is 60.5 Å². The van der Waals surface area contributed by atoms with Crippen molar-refractivity contribution in [2.45, 2.75) is 13.0 Å². The lowest BCUT2D eigenvalue weighted by molar-refractivity contribution is -0.119. The van der Waals surface area contributed by atoms with Crippen molar-refractivity contribution < 1.29 is 19.0 Å². The van der Waals surface area contributed by atoms with E-state index < -0.39 is 0 Å². The summed E-state index contributed by atoms with van der Waals surface area (Å²) in [6, 6.07) is 21.9. The van der Waals surface area contributed by atoms with Crippen molar-refractivity contribution in [3.63, 3.8) is 0 Å². The number of nitrogens with zero attached hydrogens (tertiary/aromatic N) is 1. The number of benzene rings is 3. The predicted octanol–water partition coefficient (Wildman–Crippen LogP) is 4.29. The lowest BCUT2D eigenvalue weighted by atomic mass is 9.98. The van der Waals surface area contributed by atoms with E-state index in [-0.39, 0.29) is 18.5 Å². The van der Waals surface area contributed by atoms with Crippen LogP contribution < -0.4 is 24.8 Å². The second kappa shape index (κ2) is 11.4. The summed E-state index contributed by atoms with van der Waals surface area (Å²) in [6.07, 6.45) is 0. The van der Waals surface area contributed by atoms with Crippen LogP contribution in [0, 0.1) is 11.3 Å². The standard InChI is InChI=1S/C26H27N3O4/c1-4-33-24-14-5-18(16-27)15-23(24)28-17-25(30)29-26(19-6-10-21(31-2)11-7-19)20-8-12-22(32-3)13-9-20/h5-15,26,28H,4,17H2,1-3H3,(H,29,30). The summed E-state index contributed by atoms with van der Waals surface area (Å²) in [4.78, 5) is 12.9. The van der Waals surface area contributed by atoms with E-state index in [2.05, 4.69) is 16.7 Å². The predicted molar refractivity (Wildman–Crippen MR) is 127 cm³/mol. The van der Waals surface area contributed by atoms with Gasteiger partial charge in [0.2, 0.25) is 5.91 Å². The zero-order valence-electron chi connectivity index (χ0n) is 18.9. The second-order valence-electron chi connectivity index (χ2n) is 7.16. The topological polar surface area (TPSA) is 92.6 Å². The quantitative estimate of drug-likeness (QED) is 0.484. The van der Waals surface area contributed by atoms with Gasteiger partial charge in [0.25, 0.3) is 0 Å². The Morgan fingerprint density at radius 2 is 1.52 bits per heavy atom. The first kappa shape index (κ1) is 23.5. The SMILES string of the molecule is CCOc1ccc(C#N)cc1NCC(=O)NC(c1ccc(OC)cc1)c1ccc(OC)cc1. The Hall–Kier alpha value is -4.18. The summed E-state index contributed by atoms with van der Waals surface area (Å²) in [7, 11) is 3.22. The Morgan fingerprint density at radius 3 is 2.00 bits per heavy atom. The van der Waals surface area contributed by atoms with E-state index in [9.17, 15) is 10.1 Å². The van der Waals surface area contributed by atoms with Gasteiger partial charge in [-0.15, -0.1) is 0 Å². The largest absolute Gasteiger partial charge is 0.497 e. The molecular weight excluding hydrogens is 418 g/mol. The van der Waals surface area contributed by atoms with Crippen LogP contribution in [0.3, 0.4) is 0 Å². The smallest absolute Gasteiger partial charge is 0.240 e. The highest BCUT2D eigenvalue weighted by Gasteiger charge is 2.18. The van der Waals surface area contributed by atoms with E-state index in [4.69, 9.17) is 14.2 Å². The maximum Gasteiger partial charge on any atom is 0.240 e. The molecule has 0 fully saturated rings. The zero-order valence-corrected chi connectivity index (χ0v) is 18.9. The Bertz CT molecular complexity index is 1060. The fraction of sp³-hybridized carbons (Fsp3) is 0.231. The highest BCUT2D eigenvalue weighted by Crippen LogP contribution is 2.27. The first-order chi connectivity index (χ1) is 16.1. The highest BCUT2D eigenvalue weighted by atomic mass is 16.5. The monoisotopic (exact) mass is 445 g/mol. The summed E-state index contributed by atoms with van der Waals surface area (Å²) in [5, 5.41) is 15.4. The lowest BCUT2D eigenvalue weighted by Crippen LogP contribution is -2.34. The van der Waals surface area contributed by atoms with E-state index in [1.165, 1.54) is 0 Å². The van der Waals surface area contributed by atoms with Gasteiger partial charge in [0.05, 0.1) is 50.7 Å². The number of amides is 1. The maximum absolute atomic E-state index is 12.9. The molecule has 0 saturated heterocycles. The van der Waals surface area contributed by atoms with Gasteiger partial charge in [-0.1, -0.05) is 24.3 Å². The normalized spacial score (nSPS) is 10.3. The van der Waals surface area contributed by atoms with Crippen molar-refractivity contribution in [1.82, 2.24) is 5.32 Å². The van der Waals surface area contributed by atoms with Gasteiger partial charge in [0.15, 0.2) is 0 Å². The molecule has 0 aliphatic heterocycles. The van der Waals surface area contributed by atoms with Crippen molar-refractivity contribution >= 4 is 11.6 Å². The number of rotatable bonds is 10. The fourth-order valence-corrected chi connectivity index (χ4v) is 3.36. The number of carbonyl (C=O) groups is 1. The summed E-state index contributed by atoms with van der Waals surface area (Å²) in [5.41, 5.74) is 2.90. The van der Waals surface area contributed by atoms with Crippen LogP contribution in [0.1, 0.15) is 29.7 Å². The van der Waals surface area contributed by atoms with Crippen molar-refractivity contribution in [2.24, 2.45) is 0 Å². The van der Waals surface area contributed by atoms with E-state index in [0.717, 1.165) is 22.6 Å². The minimum absolute atomic E-state index is 0.0117. The van der Waals surface area contributed by atoms with E-state index >= 15 is 0 Å². The number of anilines is 1. The van der Waals surface area contributed by atoms with Crippen LogP contribution in [-0.4, -0.2) is 33.3 Å². The summed E-state index contributed by atoms with van der Waals surface area (Å²) in [5.74, 6) is 1.85. The van der Waals surface area contributed by atoms with Crippen LogP contribution in [-0.2, 0) is 4.79 Å². The minimum atomic E-state index is -0.368. The molecule has 0 aliphatic carbocycles. The van der Waals surface area contributed by atoms with Gasteiger partial charge in [-0.25, -0.2) is 0 Å². The summed E-state index contributed by atoms with van der Waals surface area (Å²) >= 11 is 0. The van der Waals surface area contributed by atoms with Gasteiger partial charge in [0.1, 0.15) is 17.2 Å². The lowest BCUT2D eigenvalue weighted by Gasteiger charge is -2.21. The molecule has 2 N–H and O–H groups in total. The third-order valence-electron chi connectivity index (χ3n) is 5.05. The third kappa shape index (κ3) is 6.17. The van der Waals surface area contributed by atoms with Gasteiger partial charge in [-0.3, -0.25) is 4.79 Å². The van der Waals surface area contributed by atoms with Gasteiger partial charge in [-0.2, -0.15) is 5.26 Å². The molecule has 3 aromatic carbocycles. The molecule has 0 spiro atoms. The van der Waals surface area contributed by atoms with E-state index in [0.29, 0.717) is 23.6 Å². The number of hydrogen-bond acceptors (Lipinski definition) is 6. The average Bonchev–Trinajstić information content (AvgIpc) is 2.87. The molecule has 0 heterocycles. The Labute approximate surface area is 193 Å². The molecule has 0 radical (unpaired) electrons. The molecule has 170 valence electrons. The van der Waals surface area contributed by atoms with Gasteiger partial charge < -0.3 is 24.8 Å². The van der Waals surface area contributed by atoms with E-state index in [1.807, 2.05) is 55.5 Å². The van der Waals surface area contributed by atoms with Crippen molar-refractivity contribution in [3.05, 3.63) is 83.4 Å². The van der Waals surface area contributed by atoms with E-state index in [1.54, 1.807) is 32.4 Å². The Balaban J connectivity index is 1.79. The minimum Gasteiger partial charge on any atom is -0.497 e. The van der Waals surface area contributed by atoms with Crippen molar-refractivity contribution in [1.29, 1.82) is 5.26 Å². The molecule has 0 saturated carbocycles. The first-order valence-electron chi connectivity index (χ1n) is 10.6. The molecule has 7 heteroatoms. The number of hydrogen-bond donors (Lipinski definition) is 2. The van der Waals surface area contributed by atoms with Crippen LogP contribution in [0.15, 0.2) is 66.7 Å². The fourth-order valence-electron chi connectivity index (χ4n) is 3.36. The molecule has 0 aliphatic rings. The average molecular weight is 446 g/mol. The van der Waals surface area contributed by atoms with Crippen LogP contribution in [0.25, 0.3) is 0 Å². The summed E-state index contributed by atoms with van der Waals surface area (Å²) < 4.78 is 16.1. The zero-order chi connectivity index (χ0) is 23.6. The number of nitriles is 1. The Kier molecular flexibility index (Phi) is 8.14. The summed E-state index contributed by atoms with van der Waals surface area (Å²) in [6.45, 7) is 2.37. The first-order valence-corrected chi connectivity index (χ1v) is 10.6. The van der Waals surface area contributed by atoms with Crippen LogP contribution in [0.2, 0.25) is 0 Å². The van der Waals surface area contributed by atoms with Gasteiger partial charge in [0, 0.05) is 0 Å². The van der Waals surface area contributed by atoms with Crippen molar-refractivity contribution in [2.75, 3.05) is 32.7 Å². The molecule has 3 rings (SSSR count). The molecule has 0 bridgehead atoms. The number of ether oxygens (including phenoxy) is 3. The number of nitrogens with one attached hydrogen (secondary N) is 2. The molecule has 7 nitrogen and oxygen atoms in total. The Morgan fingerprint density at radius 1 is 0.939 bits per heavy atom. The molecule has 0 aromatic heterocycles. The van der Waals surface area contributed by atoms with Crippen LogP contribution >= 0.6 is 0 Å². The van der Waals surface area contributed by atoms with Crippen LogP contribution in [0.4, 0.5) is 5.69 Å². The molecular formula is C26H27N3O4. The number of carbonyl (C=O) groups excluding carboxylic acids is 1. The van der Waals surface area contributed by atoms with Gasteiger partial charge >= 0.3 is 0 Å². The molecule has 1 amide bonds. The molecule has 3 aromatic rings. The maximum atomic E-state index is 12.9. The molecule has 0 atom stereocenters. The second-order valence-corrected chi connectivity index (χ2v) is 7.16. The number of methoxy groups -OCH3 is 2. The third-order valence-corrected chi connectivity index (χ3v) is 5.05. The molecule has 0 unspecified atom stereocenters. The van der Waals surface area contributed by atoms with Crippen molar-refractivity contribution in [3.8, 4) is 23.3 Å². The highest BCUT2D eigenvalue weighted by molar-refractivity contribution is 5.82. The molecule has 33 heavy (non-hydrogen) atoms. The van der Waals surface area contributed by atoms with Crippen LogP contribution in [0.5, 0.6) is 17.2 Å².